The van der Waals surface area contributed by atoms with Crippen LogP contribution in [-0.4, -0.2) is 73.9 Å². The predicted octanol–water partition coefficient (Wildman–Crippen LogP) is 4.00. The highest BCUT2D eigenvalue weighted by Gasteiger charge is 2.20. The van der Waals surface area contributed by atoms with E-state index in [1.165, 1.54) is 0 Å². The number of aromatic nitrogens is 2. The van der Waals surface area contributed by atoms with Crippen LogP contribution in [-0.2, 0) is 14.3 Å². The van der Waals surface area contributed by atoms with Gasteiger partial charge in [0.1, 0.15) is 11.5 Å². The predicted molar refractivity (Wildman–Crippen MR) is 141 cm³/mol. The number of fused-ring (bicyclic) bond motifs is 1. The standard InChI is InChI=1S/C29H27N3O6/c1-35-22-8-3-19(4-9-22)27-28(20-5-10-23(36-2)11-6-20)31-25-17-21(7-12-24(25)30-27)29(34)38-18-26(33)32-13-15-37-16-14-32/h3-12,17H,13-16,18H2,1-2H3. The average Bonchev–Trinajstić information content (AvgIpc) is 2.99. The number of benzene rings is 3. The van der Waals surface area contributed by atoms with Crippen LogP contribution in [0.25, 0.3) is 33.5 Å². The van der Waals surface area contributed by atoms with Crippen molar-refractivity contribution in [2.75, 3.05) is 47.1 Å². The largest absolute Gasteiger partial charge is 0.497 e. The van der Waals surface area contributed by atoms with Crippen LogP contribution in [0.5, 0.6) is 11.5 Å². The first-order valence-electron chi connectivity index (χ1n) is 12.2. The van der Waals surface area contributed by atoms with Crippen LogP contribution in [0.2, 0.25) is 0 Å². The number of methoxy groups -OCH3 is 2. The zero-order valence-electron chi connectivity index (χ0n) is 21.2. The summed E-state index contributed by atoms with van der Waals surface area (Å²) in [6, 6.07) is 20.1. The van der Waals surface area contributed by atoms with Gasteiger partial charge in [-0.25, -0.2) is 14.8 Å². The summed E-state index contributed by atoms with van der Waals surface area (Å²) in [6.07, 6.45) is 0. The molecular weight excluding hydrogens is 486 g/mol. The van der Waals surface area contributed by atoms with Crippen molar-refractivity contribution in [3.8, 4) is 34.0 Å². The lowest BCUT2D eigenvalue weighted by Crippen LogP contribution is -2.42. The first-order valence-corrected chi connectivity index (χ1v) is 12.2. The fourth-order valence-electron chi connectivity index (χ4n) is 4.20. The minimum atomic E-state index is -0.597. The van der Waals surface area contributed by atoms with Crippen molar-refractivity contribution in [3.05, 3.63) is 72.3 Å². The van der Waals surface area contributed by atoms with Crippen molar-refractivity contribution in [2.24, 2.45) is 0 Å². The molecule has 0 atom stereocenters. The van der Waals surface area contributed by atoms with E-state index in [4.69, 9.17) is 28.9 Å². The van der Waals surface area contributed by atoms with Crippen molar-refractivity contribution in [1.29, 1.82) is 0 Å². The summed E-state index contributed by atoms with van der Waals surface area (Å²) in [6.45, 7) is 1.63. The molecule has 1 aliphatic heterocycles. The summed E-state index contributed by atoms with van der Waals surface area (Å²) < 4.78 is 21.2. The fraction of sp³-hybridized carbons (Fsp3) is 0.241. The van der Waals surface area contributed by atoms with Gasteiger partial charge in [-0.1, -0.05) is 0 Å². The Hall–Kier alpha value is -4.50. The van der Waals surface area contributed by atoms with E-state index in [-0.39, 0.29) is 12.5 Å². The van der Waals surface area contributed by atoms with E-state index in [9.17, 15) is 9.59 Å². The van der Waals surface area contributed by atoms with Gasteiger partial charge < -0.3 is 23.8 Å². The van der Waals surface area contributed by atoms with E-state index in [0.29, 0.717) is 54.3 Å². The number of morpholine rings is 1. The van der Waals surface area contributed by atoms with Crippen molar-refractivity contribution >= 4 is 22.9 Å². The second kappa shape index (κ2) is 11.3. The van der Waals surface area contributed by atoms with Gasteiger partial charge in [0, 0.05) is 24.2 Å². The third-order valence-corrected chi connectivity index (χ3v) is 6.32. The number of ether oxygens (including phenoxy) is 4. The zero-order valence-corrected chi connectivity index (χ0v) is 21.2. The molecule has 1 amide bonds. The molecule has 0 saturated carbocycles. The summed E-state index contributed by atoms with van der Waals surface area (Å²) in [7, 11) is 3.23. The molecule has 3 aromatic carbocycles. The Morgan fingerprint density at radius 3 is 1.89 bits per heavy atom. The minimum absolute atomic E-state index is 0.242. The fourth-order valence-corrected chi connectivity index (χ4v) is 4.20. The molecule has 9 heteroatoms. The lowest BCUT2D eigenvalue weighted by molar-refractivity contribution is -0.138. The number of carbonyl (C=O) groups excluding carboxylic acids is 2. The van der Waals surface area contributed by atoms with Crippen LogP contribution < -0.4 is 9.47 Å². The van der Waals surface area contributed by atoms with Crippen molar-refractivity contribution in [3.63, 3.8) is 0 Å². The van der Waals surface area contributed by atoms with Crippen molar-refractivity contribution in [1.82, 2.24) is 14.9 Å². The maximum absolute atomic E-state index is 12.8. The summed E-state index contributed by atoms with van der Waals surface area (Å²) in [5.74, 6) is 0.627. The Morgan fingerprint density at radius 2 is 1.34 bits per heavy atom. The molecular formula is C29H27N3O6. The van der Waals surface area contributed by atoms with Crippen LogP contribution >= 0.6 is 0 Å². The van der Waals surface area contributed by atoms with Gasteiger partial charge in [-0.05, 0) is 66.7 Å². The number of esters is 1. The molecule has 9 nitrogen and oxygen atoms in total. The molecule has 0 spiro atoms. The van der Waals surface area contributed by atoms with E-state index < -0.39 is 5.97 Å². The highest BCUT2D eigenvalue weighted by molar-refractivity contribution is 5.96. The Labute approximate surface area is 219 Å². The Morgan fingerprint density at radius 1 is 0.789 bits per heavy atom. The molecule has 5 rings (SSSR count). The smallest absolute Gasteiger partial charge is 0.338 e. The van der Waals surface area contributed by atoms with Crippen LogP contribution in [0.15, 0.2) is 66.7 Å². The third kappa shape index (κ3) is 5.42. The maximum atomic E-state index is 12.8. The number of hydrogen-bond acceptors (Lipinski definition) is 8. The molecule has 1 saturated heterocycles. The minimum Gasteiger partial charge on any atom is -0.497 e. The lowest BCUT2D eigenvalue weighted by Gasteiger charge is -2.26. The van der Waals surface area contributed by atoms with E-state index >= 15 is 0 Å². The molecule has 0 aliphatic carbocycles. The summed E-state index contributed by atoms with van der Waals surface area (Å²) in [4.78, 5) is 36.5. The van der Waals surface area contributed by atoms with E-state index in [2.05, 4.69) is 0 Å². The molecule has 1 fully saturated rings. The zero-order chi connectivity index (χ0) is 26.5. The molecule has 194 valence electrons. The quantitative estimate of drug-likeness (QED) is 0.342. The first-order chi connectivity index (χ1) is 18.6. The molecule has 1 aliphatic rings. The van der Waals surface area contributed by atoms with Crippen molar-refractivity contribution in [2.45, 2.75) is 0 Å². The van der Waals surface area contributed by atoms with Gasteiger partial charge in [-0.15, -0.1) is 0 Å². The highest BCUT2D eigenvalue weighted by atomic mass is 16.5. The molecule has 0 radical (unpaired) electrons. The Bertz CT molecular complexity index is 1450. The van der Waals surface area contributed by atoms with Gasteiger partial charge in [0.15, 0.2) is 6.61 Å². The number of carbonyl (C=O) groups is 2. The summed E-state index contributed by atoms with van der Waals surface area (Å²) >= 11 is 0. The number of amides is 1. The molecule has 0 bridgehead atoms. The normalized spacial score (nSPS) is 13.3. The number of rotatable bonds is 7. The van der Waals surface area contributed by atoms with Gasteiger partial charge >= 0.3 is 5.97 Å². The van der Waals surface area contributed by atoms with Crippen molar-refractivity contribution < 1.29 is 28.5 Å². The third-order valence-electron chi connectivity index (χ3n) is 6.32. The first kappa shape index (κ1) is 25.2. The van der Waals surface area contributed by atoms with Crippen LogP contribution in [0.4, 0.5) is 0 Å². The van der Waals surface area contributed by atoms with Gasteiger partial charge in [0.05, 0.1) is 55.4 Å². The average molecular weight is 514 g/mol. The SMILES string of the molecule is COc1ccc(-c2nc3ccc(C(=O)OCC(=O)N4CCOCC4)cc3nc2-c2ccc(OC)cc2)cc1. The molecule has 1 aromatic heterocycles. The van der Waals surface area contributed by atoms with Gasteiger partial charge in [0.2, 0.25) is 0 Å². The number of hydrogen-bond donors (Lipinski definition) is 0. The van der Waals surface area contributed by atoms with Crippen LogP contribution in [0.1, 0.15) is 10.4 Å². The summed E-state index contributed by atoms with van der Waals surface area (Å²) in [5.41, 5.74) is 4.50. The Balaban J connectivity index is 1.47. The van der Waals surface area contributed by atoms with E-state index in [1.54, 1.807) is 37.3 Å². The van der Waals surface area contributed by atoms with E-state index in [0.717, 1.165) is 22.6 Å². The molecule has 0 N–H and O–H groups in total. The number of nitrogens with zero attached hydrogens (tertiary/aromatic N) is 3. The molecule has 38 heavy (non-hydrogen) atoms. The highest BCUT2D eigenvalue weighted by Crippen LogP contribution is 2.33. The molecule has 4 aromatic rings. The molecule has 0 unspecified atom stereocenters. The summed E-state index contributed by atoms with van der Waals surface area (Å²) in [5, 5.41) is 0. The Kier molecular flexibility index (Phi) is 7.46. The van der Waals surface area contributed by atoms with Gasteiger partial charge in [-0.3, -0.25) is 4.79 Å². The van der Waals surface area contributed by atoms with E-state index in [1.807, 2.05) is 48.5 Å². The lowest BCUT2D eigenvalue weighted by atomic mass is 10.0. The van der Waals surface area contributed by atoms with Crippen LogP contribution in [0.3, 0.4) is 0 Å². The second-order valence-corrected chi connectivity index (χ2v) is 8.65. The van der Waals surface area contributed by atoms with Gasteiger partial charge in [-0.2, -0.15) is 0 Å². The van der Waals surface area contributed by atoms with Crippen LogP contribution in [0, 0.1) is 0 Å². The van der Waals surface area contributed by atoms with Gasteiger partial charge in [0.25, 0.3) is 5.91 Å². The maximum Gasteiger partial charge on any atom is 0.338 e. The molecule has 2 heterocycles. The monoisotopic (exact) mass is 513 g/mol. The topological polar surface area (TPSA) is 100 Å². The second-order valence-electron chi connectivity index (χ2n) is 8.65.